The van der Waals surface area contributed by atoms with Gasteiger partial charge in [-0.3, -0.25) is 0 Å². The van der Waals surface area contributed by atoms with Crippen LogP contribution in [0.25, 0.3) is 0 Å². The van der Waals surface area contributed by atoms with E-state index in [0.29, 0.717) is 0 Å². The first kappa shape index (κ1) is 45.1. The summed E-state index contributed by atoms with van der Waals surface area (Å²) >= 11 is 0. The number of rotatable bonds is 15. The smallest absolute Gasteiger partial charge is 0.388 e. The lowest BCUT2D eigenvalue weighted by Gasteiger charge is -2.42. The average Bonchev–Trinajstić information content (AvgIpc) is 3.44. The zero-order valence-corrected chi connectivity index (χ0v) is 22.8. The van der Waals surface area contributed by atoms with Crippen molar-refractivity contribution >= 4 is 0 Å². The number of hydrogen-bond acceptors (Lipinski definition) is 2. The molecule has 0 aromatic heterocycles. The van der Waals surface area contributed by atoms with E-state index in [4.69, 9.17) is 0 Å². The van der Waals surface area contributed by atoms with Gasteiger partial charge in [0, 0.05) is 18.9 Å². The van der Waals surface area contributed by atoms with E-state index in [1.165, 1.54) is 0 Å². The van der Waals surface area contributed by atoms with E-state index in [-0.39, 0.29) is 6.42 Å². The van der Waals surface area contributed by atoms with Gasteiger partial charge in [0.1, 0.15) is 0 Å². The predicted octanol–water partition coefficient (Wildman–Crippen LogP) is 9.51. The van der Waals surface area contributed by atoms with Gasteiger partial charge >= 0.3 is 71.6 Å². The van der Waals surface area contributed by atoms with Gasteiger partial charge in [-0.1, -0.05) is 0 Å². The molecule has 0 amide bonds. The fraction of sp³-hybridized carbons (Fsp3) is 1.00. The van der Waals surface area contributed by atoms with E-state index >= 15 is 0 Å². The van der Waals surface area contributed by atoms with Crippen molar-refractivity contribution in [2.75, 3.05) is 6.54 Å². The fourth-order valence-corrected chi connectivity index (χ4v) is 4.28. The number of aliphatic hydroxyl groups is 1. The Kier molecular flexibility index (Phi) is 11.4. The molecular formula is C21H17F26NO. The Bertz CT molecular complexity index is 1070. The molecule has 0 saturated carbocycles. The Morgan fingerprint density at radius 2 is 0.653 bits per heavy atom. The van der Waals surface area contributed by atoms with E-state index < -0.39 is 122 Å². The summed E-state index contributed by atoms with van der Waals surface area (Å²) in [5, 5.41) is 12.5. The molecule has 2 N–H and O–H groups in total. The van der Waals surface area contributed by atoms with Crippen LogP contribution in [0.1, 0.15) is 38.5 Å². The van der Waals surface area contributed by atoms with Crippen LogP contribution in [0.2, 0.25) is 0 Å². The Morgan fingerprint density at radius 1 is 0.388 bits per heavy atom. The van der Waals surface area contributed by atoms with Crippen molar-refractivity contribution in [3.8, 4) is 0 Å². The van der Waals surface area contributed by atoms with E-state index in [1.807, 2.05) is 5.32 Å². The molecule has 1 fully saturated rings. The fourth-order valence-electron chi connectivity index (χ4n) is 4.28. The van der Waals surface area contributed by atoms with Crippen molar-refractivity contribution in [2.45, 2.75) is 122 Å². The maximum absolute atomic E-state index is 14.3. The third kappa shape index (κ3) is 6.77. The van der Waals surface area contributed by atoms with Crippen molar-refractivity contribution in [3.63, 3.8) is 0 Å². The van der Waals surface area contributed by atoms with Crippen LogP contribution in [0.4, 0.5) is 114 Å². The highest BCUT2D eigenvalue weighted by Crippen LogP contribution is 2.63. The van der Waals surface area contributed by atoms with Crippen LogP contribution in [-0.2, 0) is 0 Å². The highest BCUT2D eigenvalue weighted by atomic mass is 19.4. The molecule has 0 unspecified atom stereocenters. The summed E-state index contributed by atoms with van der Waals surface area (Å²) in [6.07, 6.45) is -28.5. The van der Waals surface area contributed by atoms with Gasteiger partial charge in [-0.15, -0.1) is 0 Å². The van der Waals surface area contributed by atoms with Crippen LogP contribution in [0, 0.1) is 0 Å². The summed E-state index contributed by atoms with van der Waals surface area (Å²) in [5.74, 6) is -79.8. The first-order valence-electron chi connectivity index (χ1n) is 12.4. The summed E-state index contributed by atoms with van der Waals surface area (Å²) < 4.78 is 347. The minimum absolute atomic E-state index is 0.334. The van der Waals surface area contributed by atoms with Crippen molar-refractivity contribution in [1.29, 1.82) is 0 Å². The minimum Gasteiger partial charge on any atom is -0.388 e. The highest BCUT2D eigenvalue weighted by Gasteiger charge is 2.92. The second kappa shape index (κ2) is 12.4. The van der Waals surface area contributed by atoms with Crippen molar-refractivity contribution in [2.24, 2.45) is 0 Å². The van der Waals surface area contributed by atoms with Crippen LogP contribution >= 0.6 is 0 Å². The van der Waals surface area contributed by atoms with Gasteiger partial charge < -0.3 is 10.4 Å². The maximum atomic E-state index is 14.3. The average molecular weight is 793 g/mol. The van der Waals surface area contributed by atoms with Crippen molar-refractivity contribution in [3.05, 3.63) is 0 Å². The summed E-state index contributed by atoms with van der Waals surface area (Å²) in [7, 11) is 0. The molecular weight excluding hydrogens is 776 g/mol. The topological polar surface area (TPSA) is 32.3 Å². The number of hydrogen-bond donors (Lipinski definition) is 2. The molecule has 294 valence electrons. The molecule has 0 aromatic rings. The Morgan fingerprint density at radius 3 is 0.878 bits per heavy atom. The molecule has 0 aliphatic carbocycles. The van der Waals surface area contributed by atoms with Gasteiger partial charge in [0.05, 0.1) is 5.60 Å². The maximum Gasteiger partial charge on any atom is 0.460 e. The van der Waals surface area contributed by atoms with Crippen molar-refractivity contribution < 1.29 is 119 Å². The van der Waals surface area contributed by atoms with E-state index in [0.717, 1.165) is 0 Å². The lowest BCUT2D eigenvalue weighted by atomic mass is 9.79. The highest BCUT2D eigenvalue weighted by molar-refractivity contribution is 5.12. The summed E-state index contributed by atoms with van der Waals surface area (Å²) in [6.45, 7) is -0.473. The molecule has 1 heterocycles. The number of alkyl halides is 26. The van der Waals surface area contributed by atoms with E-state index in [2.05, 4.69) is 0 Å². The molecule has 1 rings (SSSR count). The molecule has 1 aliphatic heterocycles. The standard InChI is InChI=1S/C21H17F26NO/c22-10(23,12(26,27)14(30,31)16(34,35)18(38,39)20(42,43)44)5-3-9(49,8-2-1-7-48-8)4-6-11(24,25)13(28,29)15(32,33)17(36,37)19(40,41)21(45,46)47/h8,48-49H,1-7H2/t8-/m1/s1. The molecule has 0 bridgehead atoms. The molecule has 0 radical (unpaired) electrons. The van der Waals surface area contributed by atoms with Crippen LogP contribution in [-0.4, -0.2) is 94.9 Å². The van der Waals surface area contributed by atoms with Gasteiger partial charge in [-0.05, 0) is 32.2 Å². The molecule has 49 heavy (non-hydrogen) atoms. The Labute approximate surface area is 254 Å². The third-order valence-electron chi connectivity index (χ3n) is 7.45. The first-order valence-corrected chi connectivity index (χ1v) is 12.4. The summed E-state index contributed by atoms with van der Waals surface area (Å²) in [6, 6.07) is -2.20. The second-order valence-electron chi connectivity index (χ2n) is 10.8. The molecule has 1 atom stereocenters. The van der Waals surface area contributed by atoms with Crippen LogP contribution in [0.3, 0.4) is 0 Å². The van der Waals surface area contributed by atoms with E-state index in [1.54, 1.807) is 0 Å². The minimum atomic E-state index is -8.39. The number of halogens is 26. The van der Waals surface area contributed by atoms with Gasteiger partial charge in [-0.25, -0.2) is 0 Å². The van der Waals surface area contributed by atoms with Gasteiger partial charge in [0.15, 0.2) is 0 Å². The Balaban J connectivity index is 3.52. The molecule has 28 heteroatoms. The number of nitrogens with one attached hydrogen (secondary N) is 1. The van der Waals surface area contributed by atoms with Gasteiger partial charge in [0.2, 0.25) is 0 Å². The van der Waals surface area contributed by atoms with Crippen LogP contribution < -0.4 is 5.32 Å². The van der Waals surface area contributed by atoms with E-state index in [9.17, 15) is 119 Å². The monoisotopic (exact) mass is 793 g/mol. The van der Waals surface area contributed by atoms with Crippen LogP contribution in [0.15, 0.2) is 0 Å². The van der Waals surface area contributed by atoms with Gasteiger partial charge in [-0.2, -0.15) is 114 Å². The largest absolute Gasteiger partial charge is 0.460 e. The first-order chi connectivity index (χ1) is 21.0. The SMILES string of the molecule is OC(CCC(F)(F)C(F)(F)C(F)(F)C(F)(F)C(F)(F)C(F)(F)F)(CCC(F)(F)C(F)(F)C(F)(F)C(F)(F)C(F)(F)C(F)(F)F)[C@H]1CCCN1. The summed E-state index contributed by atoms with van der Waals surface area (Å²) in [5.41, 5.74) is -3.88. The lowest BCUT2D eigenvalue weighted by molar-refractivity contribution is -0.440. The zero-order chi connectivity index (χ0) is 39.7. The zero-order valence-electron chi connectivity index (χ0n) is 22.8. The van der Waals surface area contributed by atoms with Crippen molar-refractivity contribution in [1.82, 2.24) is 5.32 Å². The molecule has 0 aromatic carbocycles. The third-order valence-corrected chi connectivity index (χ3v) is 7.45. The molecule has 2 nitrogen and oxygen atoms in total. The van der Waals surface area contributed by atoms with Gasteiger partial charge in [0.25, 0.3) is 0 Å². The molecule has 0 spiro atoms. The molecule has 1 aliphatic rings. The van der Waals surface area contributed by atoms with Crippen LogP contribution in [0.5, 0.6) is 0 Å². The predicted molar refractivity (Wildman–Crippen MR) is 106 cm³/mol. The second-order valence-corrected chi connectivity index (χ2v) is 10.8. The normalized spacial score (nSPS) is 19.5. The Hall–Kier alpha value is -1.90. The molecule has 1 saturated heterocycles. The lowest BCUT2D eigenvalue weighted by Crippen LogP contribution is -2.70. The quantitative estimate of drug-likeness (QED) is 0.162. The summed E-state index contributed by atoms with van der Waals surface area (Å²) in [4.78, 5) is 0.